The van der Waals surface area contributed by atoms with Crippen molar-refractivity contribution in [2.75, 3.05) is 5.32 Å². The Morgan fingerprint density at radius 2 is 1.73 bits per heavy atom. The Labute approximate surface area is 132 Å². The van der Waals surface area contributed by atoms with Crippen molar-refractivity contribution in [3.8, 4) is 0 Å². The summed E-state index contributed by atoms with van der Waals surface area (Å²) in [4.78, 5) is 0. The van der Waals surface area contributed by atoms with Crippen LogP contribution in [0.3, 0.4) is 0 Å². The van der Waals surface area contributed by atoms with E-state index >= 15 is 0 Å². The van der Waals surface area contributed by atoms with Crippen molar-refractivity contribution in [2.24, 2.45) is 5.73 Å². The molecule has 2 aromatic rings. The summed E-state index contributed by atoms with van der Waals surface area (Å²) in [6.45, 7) is 4.24. The minimum atomic E-state index is -0.247. The SMILES string of the molecule is Cc1cccc(NC2(c3cccc(C)c3)C=CC(N)=CC2)c1. The third-order valence-electron chi connectivity index (χ3n) is 4.14. The van der Waals surface area contributed by atoms with Crippen molar-refractivity contribution in [2.45, 2.75) is 25.8 Å². The smallest absolute Gasteiger partial charge is 0.0848 e. The summed E-state index contributed by atoms with van der Waals surface area (Å²) < 4.78 is 0. The van der Waals surface area contributed by atoms with E-state index in [0.29, 0.717) is 0 Å². The molecular formula is C20H22N2. The van der Waals surface area contributed by atoms with Gasteiger partial charge >= 0.3 is 0 Å². The molecule has 2 heteroatoms. The largest absolute Gasteiger partial charge is 0.399 e. The van der Waals surface area contributed by atoms with Gasteiger partial charge in [-0.05, 0) is 49.6 Å². The molecule has 0 fully saturated rings. The Balaban J connectivity index is 2.03. The van der Waals surface area contributed by atoms with Gasteiger partial charge in [0, 0.05) is 11.4 Å². The number of rotatable bonds is 3. The Morgan fingerprint density at radius 3 is 2.36 bits per heavy atom. The third kappa shape index (κ3) is 2.91. The fraction of sp³-hybridized carbons (Fsp3) is 0.200. The molecule has 0 saturated heterocycles. The molecule has 0 radical (unpaired) electrons. The first kappa shape index (κ1) is 14.5. The predicted octanol–water partition coefficient (Wildman–Crippen LogP) is 4.41. The van der Waals surface area contributed by atoms with Crippen LogP contribution >= 0.6 is 0 Å². The minimum Gasteiger partial charge on any atom is -0.399 e. The highest BCUT2D eigenvalue weighted by atomic mass is 15.0. The molecule has 0 heterocycles. The lowest BCUT2D eigenvalue weighted by atomic mass is 9.82. The zero-order valence-corrected chi connectivity index (χ0v) is 13.1. The molecule has 0 saturated carbocycles. The van der Waals surface area contributed by atoms with Gasteiger partial charge in [0.25, 0.3) is 0 Å². The zero-order valence-electron chi connectivity index (χ0n) is 13.1. The van der Waals surface area contributed by atoms with E-state index in [1.54, 1.807) is 0 Å². The minimum absolute atomic E-state index is 0.247. The normalized spacial score (nSPS) is 20.5. The van der Waals surface area contributed by atoms with Crippen molar-refractivity contribution in [1.82, 2.24) is 0 Å². The average molecular weight is 290 g/mol. The highest BCUT2D eigenvalue weighted by Gasteiger charge is 2.30. The molecule has 1 unspecified atom stereocenters. The van der Waals surface area contributed by atoms with Crippen LogP contribution in [-0.4, -0.2) is 0 Å². The van der Waals surface area contributed by atoms with E-state index in [-0.39, 0.29) is 5.54 Å². The first-order chi connectivity index (χ1) is 10.6. The maximum absolute atomic E-state index is 5.93. The number of allylic oxidation sites excluding steroid dienone is 1. The van der Waals surface area contributed by atoms with Crippen LogP contribution in [0.25, 0.3) is 0 Å². The Kier molecular flexibility index (Phi) is 3.76. The van der Waals surface area contributed by atoms with E-state index in [4.69, 9.17) is 5.73 Å². The van der Waals surface area contributed by atoms with E-state index < -0.39 is 0 Å². The number of hydrogen-bond acceptors (Lipinski definition) is 2. The topological polar surface area (TPSA) is 38.0 Å². The standard InChI is InChI=1S/C20H22N2/c1-15-5-3-7-17(13-15)20(11-9-18(21)10-12-20)22-19-8-4-6-16(2)14-19/h3-11,13-14,22H,12,21H2,1-2H3. The Bertz CT molecular complexity index is 743. The molecule has 2 aromatic carbocycles. The molecule has 0 spiro atoms. The van der Waals surface area contributed by atoms with Crippen LogP contribution in [0.15, 0.2) is 72.5 Å². The van der Waals surface area contributed by atoms with Gasteiger partial charge in [-0.25, -0.2) is 0 Å². The molecule has 0 aromatic heterocycles. The summed E-state index contributed by atoms with van der Waals surface area (Å²) in [5.74, 6) is 0. The van der Waals surface area contributed by atoms with E-state index in [1.165, 1.54) is 16.7 Å². The summed E-state index contributed by atoms with van der Waals surface area (Å²) in [6.07, 6.45) is 7.10. The summed E-state index contributed by atoms with van der Waals surface area (Å²) in [5, 5.41) is 3.71. The molecule has 1 aliphatic carbocycles. The molecule has 2 nitrogen and oxygen atoms in total. The first-order valence-electron chi connectivity index (χ1n) is 7.64. The van der Waals surface area contributed by atoms with Crippen LogP contribution in [0.5, 0.6) is 0 Å². The van der Waals surface area contributed by atoms with E-state index in [0.717, 1.165) is 17.8 Å². The van der Waals surface area contributed by atoms with Crippen molar-refractivity contribution in [1.29, 1.82) is 0 Å². The summed E-state index contributed by atoms with van der Waals surface area (Å²) in [7, 11) is 0. The molecule has 0 bridgehead atoms. The van der Waals surface area contributed by atoms with Crippen molar-refractivity contribution >= 4 is 5.69 Å². The highest BCUT2D eigenvalue weighted by molar-refractivity contribution is 5.54. The second-order valence-electron chi connectivity index (χ2n) is 6.08. The number of hydrogen-bond donors (Lipinski definition) is 2. The van der Waals surface area contributed by atoms with Crippen molar-refractivity contribution < 1.29 is 0 Å². The van der Waals surface area contributed by atoms with E-state index in [1.807, 2.05) is 6.08 Å². The lowest BCUT2D eigenvalue weighted by molar-refractivity contribution is 0.613. The zero-order chi connectivity index (χ0) is 15.6. The lowest BCUT2D eigenvalue weighted by Gasteiger charge is -2.35. The van der Waals surface area contributed by atoms with Gasteiger partial charge in [0.05, 0.1) is 5.54 Å². The summed E-state index contributed by atoms with van der Waals surface area (Å²) in [6, 6.07) is 17.1. The number of benzene rings is 2. The monoisotopic (exact) mass is 290 g/mol. The van der Waals surface area contributed by atoms with Gasteiger partial charge in [0.2, 0.25) is 0 Å². The summed E-state index contributed by atoms with van der Waals surface area (Å²) >= 11 is 0. The van der Waals surface area contributed by atoms with Crippen molar-refractivity contribution in [3.63, 3.8) is 0 Å². The molecule has 3 N–H and O–H groups in total. The first-order valence-corrected chi connectivity index (χ1v) is 7.64. The van der Waals surface area contributed by atoms with E-state index in [2.05, 4.69) is 79.8 Å². The molecule has 112 valence electrons. The molecule has 3 rings (SSSR count). The van der Waals surface area contributed by atoms with Crippen LogP contribution in [0.2, 0.25) is 0 Å². The van der Waals surface area contributed by atoms with Gasteiger partial charge in [0.1, 0.15) is 0 Å². The van der Waals surface area contributed by atoms with Crippen molar-refractivity contribution in [3.05, 3.63) is 89.1 Å². The maximum atomic E-state index is 5.93. The lowest BCUT2D eigenvalue weighted by Crippen LogP contribution is -2.34. The molecular weight excluding hydrogens is 268 g/mol. The van der Waals surface area contributed by atoms with Gasteiger partial charge in [-0.15, -0.1) is 0 Å². The van der Waals surface area contributed by atoms with Gasteiger partial charge in [-0.3, -0.25) is 0 Å². The second kappa shape index (κ2) is 5.72. The number of nitrogens with one attached hydrogen (secondary N) is 1. The Morgan fingerprint density at radius 1 is 1.00 bits per heavy atom. The summed E-state index contributed by atoms with van der Waals surface area (Å²) in [5.41, 5.74) is 11.4. The fourth-order valence-corrected chi connectivity index (χ4v) is 2.94. The van der Waals surface area contributed by atoms with Crippen LogP contribution < -0.4 is 11.1 Å². The van der Waals surface area contributed by atoms with Crippen LogP contribution in [-0.2, 0) is 5.54 Å². The van der Waals surface area contributed by atoms with Gasteiger partial charge < -0.3 is 11.1 Å². The van der Waals surface area contributed by atoms with Crippen LogP contribution in [0.4, 0.5) is 5.69 Å². The van der Waals surface area contributed by atoms with Gasteiger partial charge in [-0.1, -0.05) is 54.1 Å². The third-order valence-corrected chi connectivity index (χ3v) is 4.14. The quantitative estimate of drug-likeness (QED) is 0.878. The molecule has 1 aliphatic rings. The predicted molar refractivity (Wildman–Crippen MR) is 93.7 cm³/mol. The Hall–Kier alpha value is -2.48. The van der Waals surface area contributed by atoms with E-state index in [9.17, 15) is 0 Å². The number of nitrogens with two attached hydrogens (primary N) is 1. The number of anilines is 1. The molecule has 22 heavy (non-hydrogen) atoms. The van der Waals surface area contributed by atoms with Gasteiger partial charge in [0.15, 0.2) is 0 Å². The molecule has 0 aliphatic heterocycles. The fourth-order valence-electron chi connectivity index (χ4n) is 2.94. The molecule has 0 amide bonds. The average Bonchev–Trinajstić information content (AvgIpc) is 2.50. The number of aryl methyl sites for hydroxylation is 2. The highest BCUT2D eigenvalue weighted by Crippen LogP contribution is 2.35. The second-order valence-corrected chi connectivity index (χ2v) is 6.08. The van der Waals surface area contributed by atoms with Crippen LogP contribution in [0.1, 0.15) is 23.1 Å². The maximum Gasteiger partial charge on any atom is 0.0848 e. The van der Waals surface area contributed by atoms with Gasteiger partial charge in [-0.2, -0.15) is 0 Å². The molecule has 1 atom stereocenters. The van der Waals surface area contributed by atoms with Crippen LogP contribution in [0, 0.1) is 13.8 Å².